The minimum atomic E-state index is -0.260. The molecule has 2 aromatic heterocycles. The highest BCUT2D eigenvalue weighted by Gasteiger charge is 2.10. The number of nitrogens with zero attached hydrogens (tertiary/aromatic N) is 2. The van der Waals surface area contributed by atoms with E-state index < -0.39 is 0 Å². The third kappa shape index (κ3) is 2.53. The summed E-state index contributed by atoms with van der Waals surface area (Å²) in [6, 6.07) is 14.8. The number of carbonyl (C=O) groups excluding carboxylic acids is 1. The van der Waals surface area contributed by atoms with Gasteiger partial charge in [-0.2, -0.15) is 0 Å². The summed E-state index contributed by atoms with van der Waals surface area (Å²) in [7, 11) is 0. The lowest BCUT2D eigenvalue weighted by Gasteiger charge is -2.06. The van der Waals surface area contributed by atoms with Crippen molar-refractivity contribution in [2.75, 3.05) is 5.32 Å². The number of para-hydroxylation sites is 1. The first kappa shape index (κ1) is 12.7. The summed E-state index contributed by atoms with van der Waals surface area (Å²) in [6.45, 7) is 0. The van der Waals surface area contributed by atoms with Crippen LogP contribution in [-0.2, 0) is 0 Å². The molecule has 0 bridgehead atoms. The minimum Gasteiger partial charge on any atom is -0.318 e. The van der Waals surface area contributed by atoms with Gasteiger partial charge >= 0.3 is 0 Å². The van der Waals surface area contributed by atoms with Crippen LogP contribution in [0, 0.1) is 0 Å². The van der Waals surface area contributed by atoms with Crippen molar-refractivity contribution in [1.29, 1.82) is 0 Å². The highest BCUT2D eigenvalue weighted by atomic mass is 79.9. The fourth-order valence-corrected chi connectivity index (χ4v) is 2.21. The van der Waals surface area contributed by atoms with Crippen LogP contribution in [0.25, 0.3) is 10.9 Å². The molecule has 2 heterocycles. The van der Waals surface area contributed by atoms with Crippen molar-refractivity contribution in [3.8, 4) is 0 Å². The van der Waals surface area contributed by atoms with E-state index in [0.717, 1.165) is 10.9 Å². The van der Waals surface area contributed by atoms with Gasteiger partial charge in [0.1, 0.15) is 10.3 Å². The first-order chi connectivity index (χ1) is 9.74. The van der Waals surface area contributed by atoms with E-state index in [1.54, 1.807) is 24.4 Å². The number of anilines is 1. The summed E-state index contributed by atoms with van der Waals surface area (Å²) in [5.41, 5.74) is 1.79. The van der Waals surface area contributed by atoms with Gasteiger partial charge in [-0.05, 0) is 40.2 Å². The molecule has 0 unspecified atom stereocenters. The molecule has 5 heteroatoms. The van der Waals surface area contributed by atoms with Gasteiger partial charge in [0.2, 0.25) is 0 Å². The number of amides is 1. The van der Waals surface area contributed by atoms with Crippen molar-refractivity contribution in [1.82, 2.24) is 9.97 Å². The number of nitrogens with one attached hydrogen (secondary N) is 1. The Balaban J connectivity index is 1.91. The van der Waals surface area contributed by atoms with Gasteiger partial charge in [-0.25, -0.2) is 9.97 Å². The Morgan fingerprint density at radius 3 is 2.75 bits per heavy atom. The van der Waals surface area contributed by atoms with Gasteiger partial charge in [-0.3, -0.25) is 4.79 Å². The van der Waals surface area contributed by atoms with Crippen LogP contribution in [0.3, 0.4) is 0 Å². The van der Waals surface area contributed by atoms with E-state index in [1.807, 2.05) is 30.3 Å². The van der Waals surface area contributed by atoms with Crippen molar-refractivity contribution in [3.05, 3.63) is 65.0 Å². The highest BCUT2D eigenvalue weighted by Crippen LogP contribution is 2.19. The maximum atomic E-state index is 12.2. The van der Waals surface area contributed by atoms with Crippen LogP contribution >= 0.6 is 15.9 Å². The summed E-state index contributed by atoms with van der Waals surface area (Å²) < 4.78 is 0.592. The fraction of sp³-hybridized carbons (Fsp3) is 0. The second-order valence-electron chi connectivity index (χ2n) is 4.19. The number of benzene rings is 1. The summed E-state index contributed by atoms with van der Waals surface area (Å²) >= 11 is 3.29. The molecule has 0 aliphatic heterocycles. The molecule has 0 radical (unpaired) electrons. The van der Waals surface area contributed by atoms with Crippen molar-refractivity contribution in [2.24, 2.45) is 0 Å². The SMILES string of the molecule is O=C(Nc1cccnc1Br)c1ccc2ccccc2n1. The van der Waals surface area contributed by atoms with Gasteiger partial charge in [0.05, 0.1) is 11.2 Å². The predicted molar refractivity (Wildman–Crippen MR) is 81.6 cm³/mol. The van der Waals surface area contributed by atoms with Gasteiger partial charge in [-0.1, -0.05) is 24.3 Å². The van der Waals surface area contributed by atoms with E-state index in [0.29, 0.717) is 16.0 Å². The Hall–Kier alpha value is -2.27. The predicted octanol–water partition coefficient (Wildman–Crippen LogP) is 3.64. The third-order valence-corrected chi connectivity index (χ3v) is 3.47. The molecule has 1 aromatic carbocycles. The molecular formula is C15H10BrN3O. The Kier molecular flexibility index (Phi) is 3.43. The Morgan fingerprint density at radius 1 is 1.05 bits per heavy atom. The quantitative estimate of drug-likeness (QED) is 0.731. The molecule has 0 atom stereocenters. The number of pyridine rings is 2. The van der Waals surface area contributed by atoms with Gasteiger partial charge in [0.15, 0.2) is 0 Å². The number of rotatable bonds is 2. The normalized spacial score (nSPS) is 10.4. The zero-order chi connectivity index (χ0) is 13.9. The lowest BCUT2D eigenvalue weighted by molar-refractivity contribution is 0.102. The van der Waals surface area contributed by atoms with Gasteiger partial charge in [0, 0.05) is 11.6 Å². The summed E-state index contributed by atoms with van der Waals surface area (Å²) in [5.74, 6) is -0.260. The molecular weight excluding hydrogens is 318 g/mol. The number of carbonyl (C=O) groups is 1. The van der Waals surface area contributed by atoms with Crippen molar-refractivity contribution in [3.63, 3.8) is 0 Å². The highest BCUT2D eigenvalue weighted by molar-refractivity contribution is 9.10. The monoisotopic (exact) mass is 327 g/mol. The van der Waals surface area contributed by atoms with Gasteiger partial charge < -0.3 is 5.32 Å². The van der Waals surface area contributed by atoms with E-state index >= 15 is 0 Å². The van der Waals surface area contributed by atoms with Crippen LogP contribution in [0.4, 0.5) is 5.69 Å². The number of hydrogen-bond donors (Lipinski definition) is 1. The lowest BCUT2D eigenvalue weighted by atomic mass is 10.2. The summed E-state index contributed by atoms with van der Waals surface area (Å²) in [4.78, 5) is 20.6. The fourth-order valence-electron chi connectivity index (χ4n) is 1.86. The molecule has 20 heavy (non-hydrogen) atoms. The van der Waals surface area contributed by atoms with E-state index in [2.05, 4.69) is 31.2 Å². The average Bonchev–Trinajstić information content (AvgIpc) is 2.49. The third-order valence-electron chi connectivity index (χ3n) is 2.84. The molecule has 0 aliphatic rings. The largest absolute Gasteiger partial charge is 0.318 e. The lowest BCUT2D eigenvalue weighted by Crippen LogP contribution is -2.14. The van der Waals surface area contributed by atoms with E-state index in [-0.39, 0.29) is 5.91 Å². The molecule has 1 amide bonds. The maximum Gasteiger partial charge on any atom is 0.274 e. The Bertz CT molecular complexity index is 789. The topological polar surface area (TPSA) is 54.9 Å². The standard InChI is InChI=1S/C15H10BrN3O/c16-14-12(6-3-9-17-14)19-15(20)13-8-7-10-4-1-2-5-11(10)18-13/h1-9H,(H,19,20). The molecule has 0 saturated heterocycles. The van der Waals surface area contributed by atoms with Crippen LogP contribution in [0.1, 0.15) is 10.5 Å². The second kappa shape index (κ2) is 5.38. The molecule has 0 saturated carbocycles. The molecule has 0 aliphatic carbocycles. The number of aromatic nitrogens is 2. The zero-order valence-corrected chi connectivity index (χ0v) is 12.0. The first-order valence-corrected chi connectivity index (χ1v) is 6.81. The molecule has 0 spiro atoms. The molecule has 3 aromatic rings. The van der Waals surface area contributed by atoms with Gasteiger partial charge in [-0.15, -0.1) is 0 Å². The first-order valence-electron chi connectivity index (χ1n) is 6.02. The number of hydrogen-bond acceptors (Lipinski definition) is 3. The summed E-state index contributed by atoms with van der Waals surface area (Å²) in [6.07, 6.45) is 1.65. The van der Waals surface area contributed by atoms with Crippen molar-refractivity contribution < 1.29 is 4.79 Å². The summed E-state index contributed by atoms with van der Waals surface area (Å²) in [5, 5.41) is 3.79. The van der Waals surface area contributed by atoms with Crippen LogP contribution in [0.5, 0.6) is 0 Å². The molecule has 4 nitrogen and oxygen atoms in total. The van der Waals surface area contributed by atoms with Crippen LogP contribution in [-0.4, -0.2) is 15.9 Å². The molecule has 0 fully saturated rings. The number of fused-ring (bicyclic) bond motifs is 1. The maximum absolute atomic E-state index is 12.2. The van der Waals surface area contributed by atoms with Crippen LogP contribution in [0.15, 0.2) is 59.3 Å². The zero-order valence-electron chi connectivity index (χ0n) is 10.4. The van der Waals surface area contributed by atoms with Crippen LogP contribution in [0.2, 0.25) is 0 Å². The minimum absolute atomic E-state index is 0.260. The van der Waals surface area contributed by atoms with Crippen LogP contribution < -0.4 is 5.32 Å². The van der Waals surface area contributed by atoms with Crippen molar-refractivity contribution >= 4 is 38.4 Å². The van der Waals surface area contributed by atoms with Crippen molar-refractivity contribution in [2.45, 2.75) is 0 Å². The molecule has 98 valence electrons. The smallest absolute Gasteiger partial charge is 0.274 e. The molecule has 3 rings (SSSR count). The van der Waals surface area contributed by atoms with E-state index in [1.165, 1.54) is 0 Å². The Morgan fingerprint density at radius 2 is 1.90 bits per heavy atom. The number of halogens is 1. The average molecular weight is 328 g/mol. The Labute approximate surface area is 124 Å². The molecule has 1 N–H and O–H groups in total. The van der Waals surface area contributed by atoms with E-state index in [9.17, 15) is 4.79 Å². The second-order valence-corrected chi connectivity index (χ2v) is 4.94. The van der Waals surface area contributed by atoms with Gasteiger partial charge in [0.25, 0.3) is 5.91 Å². The van der Waals surface area contributed by atoms with E-state index in [4.69, 9.17) is 0 Å².